The van der Waals surface area contributed by atoms with Gasteiger partial charge in [0, 0.05) is 63.1 Å². The van der Waals surface area contributed by atoms with Crippen LogP contribution in [-0.2, 0) is 86.1 Å². The average Bonchev–Trinajstić information content (AvgIpc) is 3.80. The molecule has 26 nitrogen and oxygen atoms in total. The van der Waals surface area contributed by atoms with Crippen molar-refractivity contribution in [3.63, 3.8) is 0 Å². The summed E-state index contributed by atoms with van der Waals surface area (Å²) in [5.74, 6) is -12.8. The molecule has 0 aromatic heterocycles. The quantitative estimate of drug-likeness (QED) is 0.0223. The maximum atomic E-state index is 14.0. The summed E-state index contributed by atoms with van der Waals surface area (Å²) in [6.45, 7) is 11.7. The molecule has 6 N–H and O–H groups in total. The summed E-state index contributed by atoms with van der Waals surface area (Å²) in [7, 11) is 2.25. The molecule has 6 atom stereocenters. The Bertz CT molecular complexity index is 1990. The molecule has 0 aromatic carbocycles. The van der Waals surface area contributed by atoms with E-state index in [1.807, 2.05) is 0 Å². The van der Waals surface area contributed by atoms with E-state index < -0.39 is 130 Å². The van der Waals surface area contributed by atoms with E-state index in [0.717, 1.165) is 38.5 Å². The van der Waals surface area contributed by atoms with Crippen LogP contribution in [0, 0.1) is 0 Å². The molecule has 0 aliphatic carbocycles. The lowest BCUT2D eigenvalue weighted by atomic mass is 10.0. The number of rotatable bonds is 27. The Morgan fingerprint density at radius 1 is 0.486 bits per heavy atom. The smallest absolute Gasteiger partial charge is 0.328 e. The van der Waals surface area contributed by atoms with Gasteiger partial charge < -0.3 is 50.8 Å². The molecule has 72 heavy (non-hydrogen) atoms. The summed E-state index contributed by atoms with van der Waals surface area (Å²) >= 11 is 0. The summed E-state index contributed by atoms with van der Waals surface area (Å²) < 4.78 is 19.8. The van der Waals surface area contributed by atoms with Crippen molar-refractivity contribution in [1.82, 2.24) is 41.7 Å². The van der Waals surface area contributed by atoms with Gasteiger partial charge in [0.25, 0.3) is 23.6 Å². The Morgan fingerprint density at radius 2 is 0.792 bits per heavy atom. The van der Waals surface area contributed by atoms with E-state index in [9.17, 15) is 67.1 Å². The van der Waals surface area contributed by atoms with Crippen molar-refractivity contribution < 1.29 is 86.1 Å². The van der Waals surface area contributed by atoms with Gasteiger partial charge in [-0.15, -0.1) is 0 Å². The van der Waals surface area contributed by atoms with Crippen LogP contribution in [0.1, 0.15) is 107 Å². The molecule has 2 heterocycles. The Hall–Kier alpha value is -7.54. The second-order valence-corrected chi connectivity index (χ2v) is 18.4. The van der Waals surface area contributed by atoms with Crippen molar-refractivity contribution in [2.45, 2.75) is 154 Å². The molecule has 0 bridgehead atoms. The van der Waals surface area contributed by atoms with Gasteiger partial charge in [0.1, 0.15) is 47.5 Å². The minimum Gasteiger partial charge on any atom is -0.469 e. The first-order valence-corrected chi connectivity index (χ1v) is 22.9. The standard InChI is InChI=1S/C46H66N8O18/c1-25(43(67)71-45(3,4)5)49-39(63)27(15-21-35(61)69-9)51-29(55)13-11-23-47-41(65)37(53-31(57)17-18-32(53)58)38(54-33(59)19-20-34(54)60)42(66)48-24-12-14-30(56)52-28(16-22-36(62)70-10)40(64)50-26(2)44(68)72-46(6,7)8/h17-20,25-28,37-38H,11-16,21-24H2,1-10H3,(H,47,65)(H,48,66)(H,49,63)(H,50,64)(H,51,55)(H,52,56)/t25-,26-,27-,28-,37-,38-/m0/s1. The number of methoxy groups -OCH3 is 2. The third-order valence-corrected chi connectivity index (χ3v) is 10.1. The minimum absolute atomic E-state index is 0.167. The number of ether oxygens (including phenoxy) is 4. The van der Waals surface area contributed by atoms with Crippen molar-refractivity contribution in [3.8, 4) is 0 Å². The van der Waals surface area contributed by atoms with Crippen molar-refractivity contribution in [1.29, 1.82) is 0 Å². The molecular weight excluding hydrogens is 953 g/mol. The summed E-state index contributed by atoms with van der Waals surface area (Å²) in [6.07, 6.45) is 1.06. The Labute approximate surface area is 415 Å². The van der Waals surface area contributed by atoms with Crippen LogP contribution >= 0.6 is 0 Å². The fourth-order valence-electron chi connectivity index (χ4n) is 6.63. The van der Waals surface area contributed by atoms with Crippen LogP contribution in [0.25, 0.3) is 0 Å². The SMILES string of the molecule is COC(=O)CC[C@H](NC(=O)CCCNC(=O)[C@H]([C@@H](C(=O)NCCCC(=O)N[C@@H](CCC(=O)OC)C(=O)N[C@@H](C)C(=O)OC(C)(C)C)N1C(=O)C=CC1=O)N1C(=O)C=CC1=O)C(=O)N[C@@H](C)C(=O)OC(C)(C)C. The van der Waals surface area contributed by atoms with Gasteiger partial charge in [0.15, 0.2) is 0 Å². The second-order valence-electron chi connectivity index (χ2n) is 18.4. The van der Waals surface area contributed by atoms with E-state index in [4.69, 9.17) is 9.47 Å². The minimum atomic E-state index is -2.18. The van der Waals surface area contributed by atoms with Gasteiger partial charge in [0.05, 0.1) is 14.2 Å². The van der Waals surface area contributed by atoms with Crippen LogP contribution in [0.3, 0.4) is 0 Å². The fraction of sp³-hybridized carbons (Fsp3) is 0.609. The number of imide groups is 2. The zero-order valence-corrected chi connectivity index (χ0v) is 42.1. The molecule has 0 unspecified atom stereocenters. The highest BCUT2D eigenvalue weighted by Crippen LogP contribution is 2.21. The van der Waals surface area contributed by atoms with Gasteiger partial charge in [-0.3, -0.25) is 67.3 Å². The van der Waals surface area contributed by atoms with Crippen molar-refractivity contribution in [2.75, 3.05) is 27.3 Å². The van der Waals surface area contributed by atoms with E-state index in [1.165, 1.54) is 13.8 Å². The van der Waals surface area contributed by atoms with Crippen LogP contribution < -0.4 is 31.9 Å². The molecular formula is C46H66N8O18. The van der Waals surface area contributed by atoms with Gasteiger partial charge in [-0.2, -0.15) is 0 Å². The largest absolute Gasteiger partial charge is 0.469 e. The first-order valence-electron chi connectivity index (χ1n) is 22.9. The van der Waals surface area contributed by atoms with Gasteiger partial charge in [-0.05, 0) is 81.1 Å². The van der Waals surface area contributed by atoms with Gasteiger partial charge in [-0.25, -0.2) is 9.59 Å². The summed E-state index contributed by atoms with van der Waals surface area (Å²) in [5.41, 5.74) is -1.73. The topological polar surface area (TPSA) is 355 Å². The zero-order chi connectivity index (χ0) is 54.7. The number of carbonyl (C=O) groups is 14. The average molecular weight is 1020 g/mol. The normalized spacial score (nSPS) is 15.8. The highest BCUT2D eigenvalue weighted by atomic mass is 16.6. The molecule has 0 aromatic rings. The van der Waals surface area contributed by atoms with Gasteiger partial charge >= 0.3 is 23.9 Å². The molecule has 0 saturated heterocycles. The van der Waals surface area contributed by atoms with Gasteiger partial charge in [-0.1, -0.05) is 0 Å². The number of hydrogen-bond acceptors (Lipinski definition) is 18. The van der Waals surface area contributed by atoms with Crippen LogP contribution in [0.15, 0.2) is 24.3 Å². The van der Waals surface area contributed by atoms with Crippen molar-refractivity contribution in [2.24, 2.45) is 0 Å². The highest BCUT2D eigenvalue weighted by Gasteiger charge is 2.50. The fourth-order valence-corrected chi connectivity index (χ4v) is 6.63. The Balaban J connectivity index is 2.22. The zero-order valence-electron chi connectivity index (χ0n) is 42.1. The number of carbonyl (C=O) groups excluding carboxylic acids is 14. The second kappa shape index (κ2) is 27.7. The van der Waals surface area contributed by atoms with Crippen molar-refractivity contribution in [3.05, 3.63) is 24.3 Å². The lowest BCUT2D eigenvalue weighted by Crippen LogP contribution is -2.66. The number of nitrogens with one attached hydrogen (secondary N) is 6. The lowest BCUT2D eigenvalue weighted by molar-refractivity contribution is -0.159. The van der Waals surface area contributed by atoms with Crippen molar-refractivity contribution >= 4 is 82.9 Å². The van der Waals surface area contributed by atoms with E-state index in [1.54, 1.807) is 41.5 Å². The molecule has 26 heteroatoms. The molecule has 0 saturated carbocycles. The molecule has 0 radical (unpaired) electrons. The van der Waals surface area contributed by atoms with E-state index in [2.05, 4.69) is 41.4 Å². The van der Waals surface area contributed by atoms with Crippen LogP contribution in [0.2, 0.25) is 0 Å². The van der Waals surface area contributed by atoms with E-state index in [0.29, 0.717) is 9.80 Å². The maximum absolute atomic E-state index is 14.0. The molecule has 2 aliphatic heterocycles. The molecule has 0 fully saturated rings. The number of amides is 10. The van der Waals surface area contributed by atoms with Crippen LogP contribution in [0.5, 0.6) is 0 Å². The Kier molecular flexibility index (Phi) is 23.3. The molecule has 0 spiro atoms. The highest BCUT2D eigenvalue weighted by molar-refractivity contribution is 6.19. The molecule has 2 aliphatic rings. The predicted molar refractivity (Wildman–Crippen MR) is 247 cm³/mol. The third kappa shape index (κ3) is 20.1. The van der Waals surface area contributed by atoms with E-state index >= 15 is 0 Å². The summed E-state index contributed by atoms with van der Waals surface area (Å²) in [5, 5.41) is 14.6. The molecule has 398 valence electrons. The predicted octanol–water partition coefficient (Wildman–Crippen LogP) is -2.06. The number of hydrogen-bond donors (Lipinski definition) is 6. The number of nitrogens with zero attached hydrogens (tertiary/aromatic N) is 2. The maximum Gasteiger partial charge on any atom is 0.328 e. The third-order valence-electron chi connectivity index (χ3n) is 10.1. The van der Waals surface area contributed by atoms with Crippen LogP contribution in [-0.4, -0.2) is 168 Å². The first kappa shape index (κ1) is 60.6. The summed E-state index contributed by atoms with van der Waals surface area (Å²) in [6, 6.07) is -9.31. The number of esters is 4. The van der Waals surface area contributed by atoms with Gasteiger partial charge in [0.2, 0.25) is 35.4 Å². The first-order chi connectivity index (χ1) is 33.5. The summed E-state index contributed by atoms with van der Waals surface area (Å²) in [4.78, 5) is 182. The Morgan fingerprint density at radius 3 is 1.07 bits per heavy atom. The molecule has 10 amide bonds. The van der Waals surface area contributed by atoms with E-state index in [-0.39, 0.29) is 64.5 Å². The van der Waals surface area contributed by atoms with Crippen LogP contribution in [0.4, 0.5) is 0 Å². The molecule has 2 rings (SSSR count). The lowest BCUT2D eigenvalue weighted by Gasteiger charge is -2.35. The monoisotopic (exact) mass is 1020 g/mol.